The standard InChI is InChI=1S/C64H70BN3O/c1-39-31-55-58-56(32-39)68(49-34-46(63(11,12)13)33-47(35-49)64(14,15)16)54-38-52-57(69-59(66-52)42-19-17-40(18-20-42)41-21-23-43(24-22-41)60(2,3)4)37-51(54)65(58)50-36-45(62(8,9)10)27-30-53(50)67(55)48-28-25-44(26-29-48)61(5,6)7/h17-38H,1-16H3. The lowest BCUT2D eigenvalue weighted by Crippen LogP contribution is -2.61. The van der Waals surface area contributed by atoms with Crippen molar-refractivity contribution in [3.05, 3.63) is 167 Å². The van der Waals surface area contributed by atoms with Gasteiger partial charge >= 0.3 is 0 Å². The van der Waals surface area contributed by atoms with Gasteiger partial charge in [-0.1, -0.05) is 171 Å². The van der Waals surface area contributed by atoms with E-state index < -0.39 is 0 Å². The van der Waals surface area contributed by atoms with Crippen molar-refractivity contribution in [2.75, 3.05) is 9.80 Å². The van der Waals surface area contributed by atoms with Crippen molar-refractivity contribution >= 4 is 68.3 Å². The number of hydrogen-bond acceptors (Lipinski definition) is 4. The Morgan fingerprint density at radius 2 is 0.841 bits per heavy atom. The number of rotatable bonds is 4. The van der Waals surface area contributed by atoms with Gasteiger partial charge in [0.1, 0.15) is 5.52 Å². The maximum atomic E-state index is 6.89. The first-order valence-corrected chi connectivity index (χ1v) is 25.1. The zero-order chi connectivity index (χ0) is 49.3. The first-order chi connectivity index (χ1) is 32.2. The van der Waals surface area contributed by atoms with Crippen molar-refractivity contribution in [3.8, 4) is 22.6 Å². The topological polar surface area (TPSA) is 32.5 Å². The molecule has 7 aromatic carbocycles. The van der Waals surface area contributed by atoms with E-state index >= 15 is 0 Å². The Morgan fingerprint density at radius 1 is 0.391 bits per heavy atom. The normalized spacial score (nSPS) is 14.0. The van der Waals surface area contributed by atoms with Crippen LogP contribution in [0.1, 0.15) is 137 Å². The lowest BCUT2D eigenvalue weighted by atomic mass is 9.33. The molecule has 0 radical (unpaired) electrons. The molecule has 4 nitrogen and oxygen atoms in total. The number of oxazole rings is 1. The van der Waals surface area contributed by atoms with Crippen LogP contribution >= 0.6 is 0 Å². The highest BCUT2D eigenvalue weighted by Crippen LogP contribution is 2.47. The zero-order valence-electron chi connectivity index (χ0n) is 44.0. The van der Waals surface area contributed by atoms with Crippen LogP contribution in [0.3, 0.4) is 0 Å². The minimum absolute atomic E-state index is 0.0412. The Labute approximate surface area is 412 Å². The summed E-state index contributed by atoms with van der Waals surface area (Å²) in [6.45, 7) is 36.8. The van der Waals surface area contributed by atoms with Crippen LogP contribution in [0.2, 0.25) is 0 Å². The highest BCUT2D eigenvalue weighted by molar-refractivity contribution is 7.00. The van der Waals surface area contributed by atoms with Gasteiger partial charge in [0.2, 0.25) is 5.89 Å². The van der Waals surface area contributed by atoms with Gasteiger partial charge in [0.25, 0.3) is 6.71 Å². The number of fused-ring (bicyclic) bond motifs is 5. The lowest BCUT2D eigenvalue weighted by Gasteiger charge is -2.45. The van der Waals surface area contributed by atoms with Crippen LogP contribution < -0.4 is 26.2 Å². The summed E-state index contributed by atoms with van der Waals surface area (Å²) in [4.78, 5) is 10.4. The predicted octanol–water partition coefficient (Wildman–Crippen LogP) is 16.0. The van der Waals surface area contributed by atoms with Crippen LogP contribution in [0.4, 0.5) is 34.1 Å². The zero-order valence-corrected chi connectivity index (χ0v) is 44.0. The van der Waals surface area contributed by atoms with E-state index in [0.29, 0.717) is 5.89 Å². The lowest BCUT2D eigenvalue weighted by molar-refractivity contribution is 0.568. The van der Waals surface area contributed by atoms with E-state index in [1.54, 1.807) is 0 Å². The fourth-order valence-corrected chi connectivity index (χ4v) is 10.4. The molecule has 10 rings (SSSR count). The van der Waals surface area contributed by atoms with Crippen molar-refractivity contribution in [1.29, 1.82) is 0 Å². The SMILES string of the molecule is Cc1cc2c3c(c1)N(c1cc(C(C)(C)C)cc(C(C)(C)C)c1)c1cc4nc(-c5ccc(-c6ccc(C(C)(C)C)cc6)cc5)oc4cc1B3c1cc(C(C)(C)C)ccc1N2c1ccc(C(C)(C)C)cc1. The second kappa shape index (κ2) is 15.9. The molecule has 0 fully saturated rings. The van der Waals surface area contributed by atoms with Crippen molar-refractivity contribution < 1.29 is 4.42 Å². The fourth-order valence-electron chi connectivity index (χ4n) is 10.4. The van der Waals surface area contributed by atoms with E-state index in [-0.39, 0.29) is 33.8 Å². The molecule has 1 aromatic heterocycles. The van der Waals surface area contributed by atoms with Crippen LogP contribution in [0.5, 0.6) is 0 Å². The summed E-state index contributed by atoms with van der Waals surface area (Å²) < 4.78 is 6.89. The maximum Gasteiger partial charge on any atom is 0.252 e. The molecule has 0 amide bonds. The number of hydrogen-bond donors (Lipinski definition) is 0. The molecule has 2 aliphatic rings. The Bertz CT molecular complexity index is 3250. The Morgan fingerprint density at radius 3 is 1.36 bits per heavy atom. The molecule has 0 unspecified atom stereocenters. The van der Waals surface area contributed by atoms with E-state index in [4.69, 9.17) is 9.40 Å². The van der Waals surface area contributed by atoms with Crippen LogP contribution in [-0.4, -0.2) is 11.7 Å². The Hall–Kier alpha value is -6.33. The van der Waals surface area contributed by atoms with Gasteiger partial charge < -0.3 is 14.2 Å². The number of aromatic nitrogens is 1. The average Bonchev–Trinajstić information content (AvgIpc) is 3.69. The van der Waals surface area contributed by atoms with Gasteiger partial charge in [-0.2, -0.15) is 0 Å². The predicted molar refractivity (Wildman–Crippen MR) is 297 cm³/mol. The van der Waals surface area contributed by atoms with Gasteiger partial charge in [0, 0.05) is 39.7 Å². The minimum Gasteiger partial charge on any atom is -0.436 e. The van der Waals surface area contributed by atoms with Gasteiger partial charge in [-0.3, -0.25) is 0 Å². The van der Waals surface area contributed by atoms with Crippen LogP contribution in [0.15, 0.2) is 138 Å². The van der Waals surface area contributed by atoms with Crippen LogP contribution in [0.25, 0.3) is 33.7 Å². The molecule has 0 bridgehead atoms. The van der Waals surface area contributed by atoms with E-state index in [1.807, 2.05) is 0 Å². The van der Waals surface area contributed by atoms with E-state index in [9.17, 15) is 0 Å². The quantitative estimate of drug-likeness (QED) is 0.165. The third kappa shape index (κ3) is 8.30. The van der Waals surface area contributed by atoms with E-state index in [2.05, 4.69) is 254 Å². The molecular formula is C64H70BN3O. The van der Waals surface area contributed by atoms with Crippen LogP contribution in [0, 0.1) is 6.92 Å². The molecule has 0 saturated carbocycles. The molecule has 69 heavy (non-hydrogen) atoms. The second-order valence-corrected chi connectivity index (χ2v) is 25.2. The van der Waals surface area contributed by atoms with Crippen molar-refractivity contribution in [2.24, 2.45) is 0 Å². The second-order valence-electron chi connectivity index (χ2n) is 25.2. The molecule has 0 atom stereocenters. The molecule has 5 heteroatoms. The summed E-state index contributed by atoms with van der Waals surface area (Å²) in [5.41, 5.74) is 23.6. The molecule has 3 heterocycles. The number of benzene rings is 7. The minimum atomic E-state index is -0.0715. The summed E-state index contributed by atoms with van der Waals surface area (Å²) in [7, 11) is 0. The van der Waals surface area contributed by atoms with Gasteiger partial charge in [0.15, 0.2) is 5.58 Å². The van der Waals surface area contributed by atoms with Gasteiger partial charge in [-0.25, -0.2) is 4.98 Å². The smallest absolute Gasteiger partial charge is 0.252 e. The number of aryl methyl sites for hydroxylation is 1. The third-order valence-corrected chi connectivity index (χ3v) is 14.7. The average molecular weight is 908 g/mol. The molecule has 0 spiro atoms. The highest BCUT2D eigenvalue weighted by atomic mass is 16.3. The Balaban J connectivity index is 1.22. The molecule has 8 aromatic rings. The molecule has 0 saturated heterocycles. The first-order valence-electron chi connectivity index (χ1n) is 25.1. The number of anilines is 6. The summed E-state index contributed by atoms with van der Waals surface area (Å²) in [6, 6.07) is 50.9. The third-order valence-electron chi connectivity index (χ3n) is 14.7. The molecule has 0 aliphatic carbocycles. The fraction of sp³-hybridized carbons (Fsp3) is 0.328. The van der Waals surface area contributed by atoms with Gasteiger partial charge in [-0.05, 0) is 162 Å². The summed E-state index contributed by atoms with van der Waals surface area (Å²) in [6.07, 6.45) is 0. The first kappa shape index (κ1) is 46.4. The van der Waals surface area contributed by atoms with Gasteiger partial charge in [-0.15, -0.1) is 0 Å². The monoisotopic (exact) mass is 908 g/mol. The summed E-state index contributed by atoms with van der Waals surface area (Å²) >= 11 is 0. The summed E-state index contributed by atoms with van der Waals surface area (Å²) in [5, 5.41) is 0. The van der Waals surface area contributed by atoms with Crippen LogP contribution in [-0.2, 0) is 27.1 Å². The maximum absolute atomic E-state index is 6.89. The Kier molecular flexibility index (Phi) is 10.7. The molecule has 2 aliphatic heterocycles. The van der Waals surface area contributed by atoms with E-state index in [1.165, 1.54) is 78.0 Å². The summed E-state index contributed by atoms with van der Waals surface area (Å²) in [5.74, 6) is 0.622. The van der Waals surface area contributed by atoms with Crippen molar-refractivity contribution in [3.63, 3.8) is 0 Å². The largest absolute Gasteiger partial charge is 0.436 e. The highest BCUT2D eigenvalue weighted by Gasteiger charge is 2.45. The van der Waals surface area contributed by atoms with Crippen molar-refractivity contribution in [2.45, 2.75) is 138 Å². The van der Waals surface area contributed by atoms with E-state index in [0.717, 1.165) is 33.7 Å². The van der Waals surface area contributed by atoms with Gasteiger partial charge in [0.05, 0.1) is 0 Å². The number of nitrogens with zero attached hydrogens (tertiary/aromatic N) is 3. The molecule has 0 N–H and O–H groups in total. The van der Waals surface area contributed by atoms with Crippen molar-refractivity contribution in [1.82, 2.24) is 4.98 Å². The molecular weight excluding hydrogens is 838 g/mol. The molecule has 350 valence electrons.